The number of hydrogen-bond donors (Lipinski definition) is 0. The maximum absolute atomic E-state index is 2.43. The van der Waals surface area contributed by atoms with Gasteiger partial charge in [-0.25, -0.2) is 0 Å². The van der Waals surface area contributed by atoms with Crippen LogP contribution in [0.25, 0.3) is 0 Å². The molecule has 2 atom stereocenters. The lowest BCUT2D eigenvalue weighted by atomic mass is 10.2. The van der Waals surface area contributed by atoms with E-state index in [0.29, 0.717) is 0 Å². The molecule has 0 saturated carbocycles. The topological polar surface area (TPSA) is 0 Å². The predicted molar refractivity (Wildman–Crippen MR) is 82.9 cm³/mol. The van der Waals surface area contributed by atoms with Crippen molar-refractivity contribution in [2.45, 2.75) is 76.7 Å². The molecule has 0 aromatic rings. The summed E-state index contributed by atoms with van der Waals surface area (Å²) in [6, 6.07) is 0. The molecule has 0 aliphatic heterocycles. The molecule has 0 rings (SSSR count). The van der Waals surface area contributed by atoms with Crippen molar-refractivity contribution >= 4 is 23.5 Å². The Morgan fingerprint density at radius 3 is 1.88 bits per heavy atom. The minimum Gasteiger partial charge on any atom is -0.158 e. The van der Waals surface area contributed by atoms with Gasteiger partial charge in [-0.1, -0.05) is 47.0 Å². The summed E-state index contributed by atoms with van der Waals surface area (Å²) in [7, 11) is 0. The fourth-order valence-corrected chi connectivity index (χ4v) is 4.72. The highest BCUT2D eigenvalue weighted by Crippen LogP contribution is 2.29. The molecule has 0 spiro atoms. The molecule has 2 unspecified atom stereocenters. The largest absolute Gasteiger partial charge is 0.158 e. The molecule has 0 aromatic heterocycles. The van der Waals surface area contributed by atoms with Crippen LogP contribution >= 0.6 is 23.5 Å². The number of rotatable bonds is 11. The third-order valence-electron chi connectivity index (χ3n) is 2.81. The second kappa shape index (κ2) is 12.2. The van der Waals surface area contributed by atoms with Crippen molar-refractivity contribution in [3.05, 3.63) is 0 Å². The molecule has 0 saturated heterocycles. The summed E-state index contributed by atoms with van der Waals surface area (Å²) < 4.78 is 0. The molecule has 0 heterocycles. The summed E-state index contributed by atoms with van der Waals surface area (Å²) in [5.41, 5.74) is 0. The minimum atomic E-state index is 0.841. The second-order valence-electron chi connectivity index (χ2n) is 4.48. The van der Waals surface area contributed by atoms with E-state index in [4.69, 9.17) is 0 Å². The highest BCUT2D eigenvalue weighted by molar-refractivity contribution is 8.03. The van der Waals surface area contributed by atoms with Crippen molar-refractivity contribution in [2.24, 2.45) is 0 Å². The van der Waals surface area contributed by atoms with Crippen LogP contribution in [0.5, 0.6) is 0 Å². The Hall–Kier alpha value is 0.700. The van der Waals surface area contributed by atoms with E-state index in [1.807, 2.05) is 0 Å². The zero-order chi connectivity index (χ0) is 12.2. The normalized spacial score (nSPS) is 15.0. The molecule has 0 nitrogen and oxygen atoms in total. The molecule has 0 aliphatic rings. The smallest absolute Gasteiger partial charge is 0.0163 e. The maximum atomic E-state index is 2.43. The Labute approximate surface area is 112 Å². The molecule has 0 aliphatic carbocycles. The van der Waals surface area contributed by atoms with E-state index in [0.717, 1.165) is 10.5 Å². The highest BCUT2D eigenvalue weighted by Gasteiger charge is 2.16. The second-order valence-corrected chi connectivity index (χ2v) is 7.31. The molecule has 2 heteroatoms. The molecular formula is C14H30S2. The predicted octanol–water partition coefficient (Wildman–Crippen LogP) is 5.61. The van der Waals surface area contributed by atoms with Gasteiger partial charge in [-0.15, -0.1) is 0 Å². The molecule has 0 radical (unpaired) electrons. The summed E-state index contributed by atoms with van der Waals surface area (Å²) in [5, 5.41) is 1.73. The van der Waals surface area contributed by atoms with Gasteiger partial charge >= 0.3 is 0 Å². The standard InChI is InChI=1S/C14H30S2/c1-5-8-11-15-13(4)14(10-7-3)16-12-9-6-2/h13-14H,5-12H2,1-4H3. The van der Waals surface area contributed by atoms with Crippen LogP contribution in [0.2, 0.25) is 0 Å². The van der Waals surface area contributed by atoms with E-state index in [1.165, 1.54) is 50.0 Å². The fraction of sp³-hybridized carbons (Fsp3) is 1.00. The van der Waals surface area contributed by atoms with Crippen LogP contribution in [0.1, 0.15) is 66.2 Å². The van der Waals surface area contributed by atoms with Gasteiger partial charge in [0.25, 0.3) is 0 Å². The van der Waals surface area contributed by atoms with Crippen LogP contribution in [-0.4, -0.2) is 22.0 Å². The van der Waals surface area contributed by atoms with Gasteiger partial charge in [-0.3, -0.25) is 0 Å². The highest BCUT2D eigenvalue weighted by atomic mass is 32.2. The lowest BCUT2D eigenvalue weighted by molar-refractivity contribution is 0.727. The van der Waals surface area contributed by atoms with Gasteiger partial charge in [0, 0.05) is 10.5 Å². The summed E-state index contributed by atoms with van der Waals surface area (Å²) in [4.78, 5) is 0. The van der Waals surface area contributed by atoms with E-state index < -0.39 is 0 Å². The summed E-state index contributed by atoms with van der Waals surface area (Å²) in [6.07, 6.45) is 8.17. The Bertz CT molecular complexity index is 137. The van der Waals surface area contributed by atoms with Gasteiger partial charge in [-0.2, -0.15) is 23.5 Å². The van der Waals surface area contributed by atoms with Crippen molar-refractivity contribution in [3.63, 3.8) is 0 Å². The van der Waals surface area contributed by atoms with Crippen molar-refractivity contribution in [1.82, 2.24) is 0 Å². The Balaban J connectivity index is 3.77. The van der Waals surface area contributed by atoms with E-state index in [2.05, 4.69) is 51.2 Å². The number of hydrogen-bond acceptors (Lipinski definition) is 2. The average Bonchev–Trinajstić information content (AvgIpc) is 2.28. The van der Waals surface area contributed by atoms with Crippen LogP contribution < -0.4 is 0 Å². The van der Waals surface area contributed by atoms with E-state index in [9.17, 15) is 0 Å². The molecule has 0 N–H and O–H groups in total. The van der Waals surface area contributed by atoms with E-state index in [-0.39, 0.29) is 0 Å². The maximum Gasteiger partial charge on any atom is 0.0163 e. The first-order chi connectivity index (χ1) is 7.76. The molecule has 0 aromatic carbocycles. The Kier molecular flexibility index (Phi) is 12.7. The first-order valence-electron chi connectivity index (χ1n) is 6.99. The van der Waals surface area contributed by atoms with Gasteiger partial charge in [0.15, 0.2) is 0 Å². The zero-order valence-electron chi connectivity index (χ0n) is 11.6. The van der Waals surface area contributed by atoms with Gasteiger partial charge in [0.05, 0.1) is 0 Å². The molecular weight excluding hydrogens is 232 g/mol. The zero-order valence-corrected chi connectivity index (χ0v) is 13.3. The average molecular weight is 263 g/mol. The third-order valence-corrected chi connectivity index (χ3v) is 5.95. The number of unbranched alkanes of at least 4 members (excludes halogenated alkanes) is 2. The summed E-state index contributed by atoms with van der Waals surface area (Å²) in [6.45, 7) is 9.32. The van der Waals surface area contributed by atoms with Crippen molar-refractivity contribution in [1.29, 1.82) is 0 Å². The molecule has 0 amide bonds. The number of thioether (sulfide) groups is 2. The summed E-state index contributed by atoms with van der Waals surface area (Å²) in [5.74, 6) is 2.71. The van der Waals surface area contributed by atoms with Crippen molar-refractivity contribution in [3.8, 4) is 0 Å². The van der Waals surface area contributed by atoms with Crippen LogP contribution in [0.3, 0.4) is 0 Å². The van der Waals surface area contributed by atoms with Gasteiger partial charge in [0.1, 0.15) is 0 Å². The molecule has 0 fully saturated rings. The molecule has 98 valence electrons. The Morgan fingerprint density at radius 1 is 0.812 bits per heavy atom. The van der Waals surface area contributed by atoms with Crippen LogP contribution in [-0.2, 0) is 0 Å². The Morgan fingerprint density at radius 2 is 1.38 bits per heavy atom. The third kappa shape index (κ3) is 8.81. The van der Waals surface area contributed by atoms with Crippen molar-refractivity contribution < 1.29 is 0 Å². The first kappa shape index (κ1) is 16.7. The lowest BCUT2D eigenvalue weighted by Crippen LogP contribution is -2.17. The lowest BCUT2D eigenvalue weighted by Gasteiger charge is -2.22. The molecule has 0 bridgehead atoms. The quantitative estimate of drug-likeness (QED) is 0.444. The van der Waals surface area contributed by atoms with E-state index in [1.54, 1.807) is 0 Å². The van der Waals surface area contributed by atoms with Crippen LogP contribution in [0.15, 0.2) is 0 Å². The van der Waals surface area contributed by atoms with Gasteiger partial charge in [0.2, 0.25) is 0 Å². The van der Waals surface area contributed by atoms with Crippen LogP contribution in [0.4, 0.5) is 0 Å². The monoisotopic (exact) mass is 262 g/mol. The minimum absolute atomic E-state index is 0.841. The SMILES string of the molecule is CCCCSC(C)C(CCC)SCCCC. The molecule has 16 heavy (non-hydrogen) atoms. The first-order valence-corrected chi connectivity index (χ1v) is 9.09. The van der Waals surface area contributed by atoms with Gasteiger partial charge in [-0.05, 0) is 30.8 Å². The van der Waals surface area contributed by atoms with E-state index >= 15 is 0 Å². The summed E-state index contributed by atoms with van der Waals surface area (Å²) >= 11 is 4.40. The van der Waals surface area contributed by atoms with Gasteiger partial charge < -0.3 is 0 Å². The van der Waals surface area contributed by atoms with Crippen LogP contribution in [0, 0.1) is 0 Å². The fourth-order valence-electron chi connectivity index (χ4n) is 1.64. The van der Waals surface area contributed by atoms with Crippen molar-refractivity contribution in [2.75, 3.05) is 11.5 Å².